The molecule has 1 saturated carbocycles. The van der Waals surface area contributed by atoms with Crippen molar-refractivity contribution in [2.75, 3.05) is 26.3 Å². The zero-order chi connectivity index (χ0) is 14.5. The Labute approximate surface area is 127 Å². The summed E-state index contributed by atoms with van der Waals surface area (Å²) in [5.74, 6) is 0.451. The zero-order valence-corrected chi connectivity index (χ0v) is 12.8. The highest BCUT2D eigenvalue weighted by atomic mass is 16.5. The Balaban J connectivity index is 1.80. The van der Waals surface area contributed by atoms with Gasteiger partial charge in [-0.2, -0.15) is 0 Å². The predicted octanol–water partition coefficient (Wildman–Crippen LogP) is 3.00. The first-order valence-electron chi connectivity index (χ1n) is 8.41. The van der Waals surface area contributed by atoms with Crippen LogP contribution in [0.15, 0.2) is 30.3 Å². The monoisotopic (exact) mass is 289 g/mol. The van der Waals surface area contributed by atoms with Gasteiger partial charge in [0.25, 0.3) is 0 Å². The number of aliphatic hydroxyl groups excluding tert-OH is 1. The van der Waals surface area contributed by atoms with E-state index < -0.39 is 0 Å². The van der Waals surface area contributed by atoms with Crippen LogP contribution in [0.5, 0.6) is 0 Å². The Morgan fingerprint density at radius 1 is 1.00 bits per heavy atom. The molecule has 1 aliphatic heterocycles. The highest BCUT2D eigenvalue weighted by Gasteiger charge is 2.34. The lowest BCUT2D eigenvalue weighted by Gasteiger charge is -2.41. The predicted molar refractivity (Wildman–Crippen MR) is 84.2 cm³/mol. The van der Waals surface area contributed by atoms with Crippen molar-refractivity contribution in [3.05, 3.63) is 35.9 Å². The number of hydrogen-bond acceptors (Lipinski definition) is 3. The maximum atomic E-state index is 11.1. The second-order valence-electron chi connectivity index (χ2n) is 6.39. The van der Waals surface area contributed by atoms with Gasteiger partial charge >= 0.3 is 0 Å². The van der Waals surface area contributed by atoms with E-state index in [0.717, 1.165) is 26.3 Å². The third kappa shape index (κ3) is 3.65. The lowest BCUT2D eigenvalue weighted by atomic mass is 9.80. The topological polar surface area (TPSA) is 32.7 Å². The second kappa shape index (κ2) is 7.39. The van der Waals surface area contributed by atoms with Gasteiger partial charge in [0.2, 0.25) is 0 Å². The van der Waals surface area contributed by atoms with E-state index in [9.17, 15) is 5.11 Å². The normalized spacial score (nSPS) is 24.6. The summed E-state index contributed by atoms with van der Waals surface area (Å²) in [6.45, 7) is 3.40. The molecule has 1 heterocycles. The molecule has 0 amide bonds. The summed E-state index contributed by atoms with van der Waals surface area (Å²) in [7, 11) is 0. The molecule has 21 heavy (non-hydrogen) atoms. The fraction of sp³-hybridized carbons (Fsp3) is 0.667. The van der Waals surface area contributed by atoms with Crippen LogP contribution in [0.3, 0.4) is 0 Å². The number of benzene rings is 1. The third-order valence-corrected chi connectivity index (χ3v) is 5.04. The van der Waals surface area contributed by atoms with Gasteiger partial charge in [-0.15, -0.1) is 0 Å². The zero-order valence-electron chi connectivity index (χ0n) is 12.8. The van der Waals surface area contributed by atoms with Crippen molar-refractivity contribution >= 4 is 0 Å². The van der Waals surface area contributed by atoms with Crippen molar-refractivity contribution in [1.29, 1.82) is 0 Å². The molecule has 3 nitrogen and oxygen atoms in total. The Kier molecular flexibility index (Phi) is 5.28. The summed E-state index contributed by atoms with van der Waals surface area (Å²) in [4.78, 5) is 2.41. The standard InChI is InChI=1S/C18H27NO2/c20-18(16-9-5-2-6-10-16)17(15-7-3-1-4-8-15)19-11-13-21-14-12-19/h1,3-4,7-8,16-18,20H,2,5-6,9-14H2. The fourth-order valence-corrected chi connectivity index (χ4v) is 3.86. The summed E-state index contributed by atoms with van der Waals surface area (Å²) in [5, 5.41) is 11.1. The first-order chi connectivity index (χ1) is 10.4. The van der Waals surface area contributed by atoms with Crippen molar-refractivity contribution < 1.29 is 9.84 Å². The Hall–Kier alpha value is -0.900. The Morgan fingerprint density at radius 3 is 2.33 bits per heavy atom. The summed E-state index contributed by atoms with van der Waals surface area (Å²) in [6, 6.07) is 10.6. The molecular formula is C18H27NO2. The Bertz CT molecular complexity index is 410. The maximum absolute atomic E-state index is 11.1. The molecule has 3 heteroatoms. The summed E-state index contributed by atoms with van der Waals surface area (Å²) < 4.78 is 5.49. The van der Waals surface area contributed by atoms with Gasteiger partial charge in [-0.25, -0.2) is 0 Å². The van der Waals surface area contributed by atoms with Crippen molar-refractivity contribution in [2.45, 2.75) is 44.2 Å². The van der Waals surface area contributed by atoms with Crippen LogP contribution in [0.4, 0.5) is 0 Å². The van der Waals surface area contributed by atoms with E-state index in [1.807, 2.05) is 6.07 Å². The summed E-state index contributed by atoms with van der Waals surface area (Å²) in [6.07, 6.45) is 5.96. The van der Waals surface area contributed by atoms with Crippen LogP contribution in [0, 0.1) is 5.92 Å². The molecule has 3 rings (SSSR count). The molecule has 1 aliphatic carbocycles. The number of rotatable bonds is 4. The molecule has 116 valence electrons. The van der Waals surface area contributed by atoms with Gasteiger partial charge in [-0.05, 0) is 24.3 Å². The van der Waals surface area contributed by atoms with Crippen molar-refractivity contribution in [1.82, 2.24) is 4.90 Å². The number of ether oxygens (including phenoxy) is 1. The largest absolute Gasteiger partial charge is 0.391 e. The summed E-state index contributed by atoms with van der Waals surface area (Å²) >= 11 is 0. The third-order valence-electron chi connectivity index (χ3n) is 5.04. The molecule has 2 fully saturated rings. The van der Waals surface area contributed by atoms with E-state index >= 15 is 0 Å². The minimum atomic E-state index is -0.259. The lowest BCUT2D eigenvalue weighted by molar-refractivity contribution is -0.0459. The first kappa shape index (κ1) is 15.0. The summed E-state index contributed by atoms with van der Waals surface area (Å²) in [5.41, 5.74) is 1.25. The van der Waals surface area contributed by atoms with Gasteiger partial charge in [0.15, 0.2) is 0 Å². The smallest absolute Gasteiger partial charge is 0.0765 e. The molecule has 1 aromatic rings. The minimum Gasteiger partial charge on any atom is -0.391 e. The SMILES string of the molecule is OC(C1CCCCC1)C(c1ccccc1)N1CCOCC1. The van der Waals surface area contributed by atoms with E-state index in [4.69, 9.17) is 4.74 Å². The van der Waals surface area contributed by atoms with Gasteiger partial charge in [0, 0.05) is 13.1 Å². The number of hydrogen-bond donors (Lipinski definition) is 1. The molecule has 2 atom stereocenters. The molecule has 0 spiro atoms. The van der Waals surface area contributed by atoms with Crippen molar-refractivity contribution in [3.8, 4) is 0 Å². The number of aliphatic hydroxyl groups is 1. The number of nitrogens with zero attached hydrogens (tertiary/aromatic N) is 1. The molecule has 1 aromatic carbocycles. The van der Waals surface area contributed by atoms with Gasteiger partial charge < -0.3 is 9.84 Å². The molecular weight excluding hydrogens is 262 g/mol. The first-order valence-corrected chi connectivity index (χ1v) is 8.41. The van der Waals surface area contributed by atoms with Gasteiger partial charge in [-0.1, -0.05) is 49.6 Å². The molecule has 0 aromatic heterocycles. The van der Waals surface area contributed by atoms with Gasteiger partial charge in [0.1, 0.15) is 0 Å². The minimum absolute atomic E-state index is 0.123. The highest BCUT2D eigenvalue weighted by Crippen LogP contribution is 2.35. The average molecular weight is 289 g/mol. The molecule has 1 saturated heterocycles. The lowest BCUT2D eigenvalue weighted by Crippen LogP contribution is -2.46. The van der Waals surface area contributed by atoms with Crippen LogP contribution in [-0.2, 0) is 4.74 Å². The molecule has 0 bridgehead atoms. The van der Waals surface area contributed by atoms with Crippen molar-refractivity contribution in [2.24, 2.45) is 5.92 Å². The molecule has 2 unspecified atom stereocenters. The highest BCUT2D eigenvalue weighted by molar-refractivity contribution is 5.21. The van der Waals surface area contributed by atoms with Crippen LogP contribution in [0.25, 0.3) is 0 Å². The van der Waals surface area contributed by atoms with Crippen LogP contribution >= 0.6 is 0 Å². The van der Waals surface area contributed by atoms with E-state index in [1.54, 1.807) is 0 Å². The molecule has 2 aliphatic rings. The van der Waals surface area contributed by atoms with Crippen molar-refractivity contribution in [3.63, 3.8) is 0 Å². The van der Waals surface area contributed by atoms with E-state index in [-0.39, 0.29) is 12.1 Å². The fourth-order valence-electron chi connectivity index (χ4n) is 3.86. The average Bonchev–Trinajstić information content (AvgIpc) is 2.58. The van der Waals surface area contributed by atoms with Crippen LogP contribution in [-0.4, -0.2) is 42.4 Å². The van der Waals surface area contributed by atoms with Gasteiger partial charge in [-0.3, -0.25) is 4.90 Å². The van der Waals surface area contributed by atoms with E-state index in [1.165, 1.54) is 37.7 Å². The van der Waals surface area contributed by atoms with E-state index in [0.29, 0.717) is 5.92 Å². The van der Waals surface area contributed by atoms with Crippen LogP contribution in [0.2, 0.25) is 0 Å². The maximum Gasteiger partial charge on any atom is 0.0765 e. The second-order valence-corrected chi connectivity index (χ2v) is 6.39. The molecule has 1 N–H and O–H groups in total. The quantitative estimate of drug-likeness (QED) is 0.925. The van der Waals surface area contributed by atoms with Gasteiger partial charge in [0.05, 0.1) is 25.4 Å². The number of morpholine rings is 1. The van der Waals surface area contributed by atoms with E-state index in [2.05, 4.69) is 29.2 Å². The van der Waals surface area contributed by atoms with Crippen LogP contribution in [0.1, 0.15) is 43.7 Å². The molecule has 0 radical (unpaired) electrons. The Morgan fingerprint density at radius 2 is 1.67 bits per heavy atom. The van der Waals surface area contributed by atoms with Crippen LogP contribution < -0.4 is 0 Å².